The first-order valence-corrected chi connectivity index (χ1v) is 8.49. The maximum atomic E-state index is 12.4. The Kier molecular flexibility index (Phi) is 4.03. The highest BCUT2D eigenvalue weighted by Gasteiger charge is 2.47. The highest BCUT2D eigenvalue weighted by atomic mass is 32.2. The maximum Gasteiger partial charge on any atom is 0.251 e. The summed E-state index contributed by atoms with van der Waals surface area (Å²) in [6, 6.07) is 8.17. The third-order valence-corrected chi connectivity index (χ3v) is 5.52. The molecule has 1 amide bonds. The van der Waals surface area contributed by atoms with Crippen LogP contribution in [0, 0.1) is 5.41 Å². The van der Waals surface area contributed by atoms with Gasteiger partial charge in [-0.2, -0.15) is 0 Å². The quantitative estimate of drug-likeness (QED) is 0.870. The van der Waals surface area contributed by atoms with Crippen molar-refractivity contribution in [2.24, 2.45) is 5.41 Å². The van der Waals surface area contributed by atoms with Gasteiger partial charge in [0.1, 0.15) is 0 Å². The molecule has 0 radical (unpaired) electrons. The van der Waals surface area contributed by atoms with Gasteiger partial charge in [-0.05, 0) is 55.6 Å². The number of benzene rings is 1. The van der Waals surface area contributed by atoms with E-state index in [0.717, 1.165) is 42.9 Å². The van der Waals surface area contributed by atoms with Crippen molar-refractivity contribution in [1.82, 2.24) is 5.32 Å². The Balaban J connectivity index is 1.66. The molecule has 3 rings (SSSR count). The predicted octanol–water partition coefficient (Wildman–Crippen LogP) is 3.10. The average molecular weight is 291 g/mol. The van der Waals surface area contributed by atoms with Crippen LogP contribution in [0.5, 0.6) is 0 Å². The lowest BCUT2D eigenvalue weighted by molar-refractivity contribution is -0.0523. The van der Waals surface area contributed by atoms with Crippen LogP contribution in [-0.2, 0) is 4.74 Å². The Morgan fingerprint density at radius 3 is 2.80 bits per heavy atom. The number of carbonyl (C=O) groups is 1. The average Bonchev–Trinajstić information content (AvgIpc) is 2.52. The lowest BCUT2D eigenvalue weighted by atomic mass is 9.60. The summed E-state index contributed by atoms with van der Waals surface area (Å²) in [5.41, 5.74) is 1.08. The van der Waals surface area contributed by atoms with Crippen LogP contribution >= 0.6 is 11.8 Å². The Morgan fingerprint density at radius 1 is 1.35 bits per heavy atom. The minimum absolute atomic E-state index is 0.0662. The smallest absolute Gasteiger partial charge is 0.251 e. The number of hydrogen-bond donors (Lipinski definition) is 1. The minimum Gasteiger partial charge on any atom is -0.381 e. The fourth-order valence-electron chi connectivity index (χ4n) is 3.30. The molecule has 0 aromatic heterocycles. The van der Waals surface area contributed by atoms with Gasteiger partial charge < -0.3 is 10.1 Å². The van der Waals surface area contributed by atoms with Crippen LogP contribution in [0.2, 0.25) is 0 Å². The number of ether oxygens (including phenoxy) is 1. The summed E-state index contributed by atoms with van der Waals surface area (Å²) in [5, 5.41) is 3.24. The molecular weight excluding hydrogens is 270 g/mol. The van der Waals surface area contributed by atoms with Gasteiger partial charge in [-0.15, -0.1) is 11.8 Å². The largest absolute Gasteiger partial charge is 0.381 e. The van der Waals surface area contributed by atoms with Gasteiger partial charge in [-0.25, -0.2) is 0 Å². The van der Waals surface area contributed by atoms with Crippen LogP contribution in [0.3, 0.4) is 0 Å². The number of hydrogen-bond acceptors (Lipinski definition) is 3. The molecule has 1 saturated carbocycles. The van der Waals surface area contributed by atoms with Crippen molar-refractivity contribution in [2.75, 3.05) is 19.5 Å². The molecule has 1 spiro atoms. The highest BCUT2D eigenvalue weighted by molar-refractivity contribution is 7.98. The molecule has 1 saturated heterocycles. The molecule has 1 aromatic rings. The zero-order chi connectivity index (χ0) is 14.0. The Morgan fingerprint density at radius 2 is 2.15 bits per heavy atom. The van der Waals surface area contributed by atoms with Crippen molar-refractivity contribution in [2.45, 2.75) is 36.6 Å². The van der Waals surface area contributed by atoms with Crippen molar-refractivity contribution >= 4 is 17.7 Å². The van der Waals surface area contributed by atoms with Crippen molar-refractivity contribution in [3.05, 3.63) is 29.8 Å². The normalized spacial score (nSPS) is 24.1. The van der Waals surface area contributed by atoms with Crippen LogP contribution in [0.1, 0.15) is 36.0 Å². The fourth-order valence-corrected chi connectivity index (χ4v) is 3.76. The Bertz CT molecular complexity index is 497. The van der Waals surface area contributed by atoms with Gasteiger partial charge in [0.25, 0.3) is 5.91 Å². The van der Waals surface area contributed by atoms with E-state index in [0.29, 0.717) is 11.5 Å². The maximum absolute atomic E-state index is 12.4. The van der Waals surface area contributed by atoms with E-state index in [1.54, 1.807) is 11.8 Å². The fraction of sp³-hybridized carbons (Fsp3) is 0.562. The van der Waals surface area contributed by atoms with E-state index in [-0.39, 0.29) is 5.91 Å². The molecule has 1 aromatic carbocycles. The molecular formula is C16H21NO2S. The zero-order valence-electron chi connectivity index (χ0n) is 11.9. The van der Waals surface area contributed by atoms with E-state index < -0.39 is 0 Å². The lowest BCUT2D eigenvalue weighted by Crippen LogP contribution is -2.57. The van der Waals surface area contributed by atoms with Crippen LogP contribution in [0.25, 0.3) is 0 Å². The zero-order valence-corrected chi connectivity index (χ0v) is 12.7. The first kappa shape index (κ1) is 14.0. The van der Waals surface area contributed by atoms with E-state index in [1.165, 1.54) is 6.42 Å². The molecule has 1 N–H and O–H groups in total. The van der Waals surface area contributed by atoms with Gasteiger partial charge >= 0.3 is 0 Å². The number of rotatable bonds is 3. The summed E-state index contributed by atoms with van der Waals surface area (Å²) >= 11 is 1.66. The van der Waals surface area contributed by atoms with Gasteiger partial charge in [0, 0.05) is 29.7 Å². The second kappa shape index (κ2) is 5.78. The molecule has 108 valence electrons. The predicted molar refractivity (Wildman–Crippen MR) is 81.2 cm³/mol. The summed E-state index contributed by atoms with van der Waals surface area (Å²) in [7, 11) is 0. The third-order valence-electron chi connectivity index (χ3n) is 4.80. The molecule has 1 unspecified atom stereocenters. The molecule has 2 fully saturated rings. The van der Waals surface area contributed by atoms with Crippen molar-refractivity contribution < 1.29 is 9.53 Å². The summed E-state index contributed by atoms with van der Waals surface area (Å²) in [6.45, 7) is 1.68. The van der Waals surface area contributed by atoms with Gasteiger partial charge in [-0.1, -0.05) is 6.07 Å². The SMILES string of the molecule is CSc1cccc(C(=O)NC2CCC23CCOCC3)c1. The standard InChI is InChI=1S/C16H21NO2S/c1-20-13-4-2-3-12(11-13)15(18)17-14-5-6-16(14)7-9-19-10-8-16/h2-4,11,14H,5-10H2,1H3,(H,17,18). The number of carbonyl (C=O) groups excluding carboxylic acids is 1. The first-order valence-electron chi connectivity index (χ1n) is 7.26. The molecule has 2 aliphatic rings. The van der Waals surface area contributed by atoms with E-state index in [1.807, 2.05) is 30.5 Å². The van der Waals surface area contributed by atoms with Gasteiger partial charge in [0.2, 0.25) is 0 Å². The number of nitrogens with one attached hydrogen (secondary N) is 1. The van der Waals surface area contributed by atoms with Crippen molar-refractivity contribution in [1.29, 1.82) is 0 Å². The van der Waals surface area contributed by atoms with E-state index >= 15 is 0 Å². The van der Waals surface area contributed by atoms with Crippen LogP contribution < -0.4 is 5.32 Å². The van der Waals surface area contributed by atoms with Gasteiger partial charge in [0.05, 0.1) is 0 Å². The first-order chi connectivity index (χ1) is 9.73. The van der Waals surface area contributed by atoms with Gasteiger partial charge in [-0.3, -0.25) is 4.79 Å². The van der Waals surface area contributed by atoms with Crippen LogP contribution in [0.4, 0.5) is 0 Å². The number of amides is 1. The van der Waals surface area contributed by atoms with E-state index in [4.69, 9.17) is 4.74 Å². The molecule has 20 heavy (non-hydrogen) atoms. The molecule has 1 heterocycles. The monoisotopic (exact) mass is 291 g/mol. The summed E-state index contributed by atoms with van der Waals surface area (Å²) < 4.78 is 5.45. The minimum atomic E-state index is 0.0662. The molecule has 1 atom stereocenters. The molecule has 1 aliphatic carbocycles. The summed E-state index contributed by atoms with van der Waals surface area (Å²) in [5.74, 6) is 0.0662. The lowest BCUT2D eigenvalue weighted by Gasteiger charge is -2.52. The topological polar surface area (TPSA) is 38.3 Å². The second-order valence-electron chi connectivity index (χ2n) is 5.77. The van der Waals surface area contributed by atoms with Crippen LogP contribution in [-0.4, -0.2) is 31.4 Å². The Hall–Kier alpha value is -1.00. The van der Waals surface area contributed by atoms with Crippen LogP contribution in [0.15, 0.2) is 29.2 Å². The van der Waals surface area contributed by atoms with E-state index in [2.05, 4.69) is 5.32 Å². The Labute approximate surface area is 124 Å². The highest BCUT2D eigenvalue weighted by Crippen LogP contribution is 2.48. The molecule has 1 aliphatic heterocycles. The summed E-state index contributed by atoms with van der Waals surface area (Å²) in [6.07, 6.45) is 6.53. The van der Waals surface area contributed by atoms with Crippen molar-refractivity contribution in [3.63, 3.8) is 0 Å². The van der Waals surface area contributed by atoms with E-state index in [9.17, 15) is 4.79 Å². The molecule has 3 nitrogen and oxygen atoms in total. The molecule has 4 heteroatoms. The van der Waals surface area contributed by atoms with Gasteiger partial charge in [0.15, 0.2) is 0 Å². The number of thioether (sulfide) groups is 1. The second-order valence-corrected chi connectivity index (χ2v) is 6.65. The van der Waals surface area contributed by atoms with Crippen molar-refractivity contribution in [3.8, 4) is 0 Å². The summed E-state index contributed by atoms with van der Waals surface area (Å²) in [4.78, 5) is 13.5. The molecule has 0 bridgehead atoms. The third kappa shape index (κ3) is 2.59.